The first kappa shape index (κ1) is 19.7. The minimum Gasteiger partial charge on any atom is -0.480 e. The molecule has 3 fully saturated rings. The van der Waals surface area contributed by atoms with Crippen molar-refractivity contribution in [3.63, 3.8) is 0 Å². The van der Waals surface area contributed by atoms with Gasteiger partial charge in [-0.25, -0.2) is 4.79 Å². The number of carboxylic acids is 1. The molecule has 8 atom stereocenters. The van der Waals surface area contributed by atoms with Crippen LogP contribution in [0.3, 0.4) is 0 Å². The number of nitrogens with one attached hydrogen (secondary N) is 1. The lowest BCUT2D eigenvalue weighted by molar-refractivity contribution is -0.154. The van der Waals surface area contributed by atoms with Crippen LogP contribution in [0.4, 0.5) is 0 Å². The average Bonchev–Trinajstić information content (AvgIpc) is 3.47. The number of aliphatic carboxylic acids is 1. The fraction of sp³-hybridized carbons (Fsp3) is 0.455. The topological polar surface area (TPSA) is 90.5 Å². The molecule has 160 valence electrons. The van der Waals surface area contributed by atoms with Gasteiger partial charge in [-0.05, 0) is 48.9 Å². The van der Waals surface area contributed by atoms with E-state index in [9.17, 15) is 19.5 Å². The number of likely N-dealkylation sites (tertiary alicyclic amines) is 1. The number of aromatic amines is 1. The van der Waals surface area contributed by atoms with Crippen molar-refractivity contribution in [3.8, 4) is 0 Å². The van der Waals surface area contributed by atoms with Crippen LogP contribution in [0.25, 0.3) is 0 Å². The lowest BCUT2D eigenvalue weighted by Crippen LogP contribution is -2.44. The van der Waals surface area contributed by atoms with E-state index < -0.39 is 23.8 Å². The van der Waals surface area contributed by atoms with E-state index in [-0.39, 0.29) is 40.7 Å². The summed E-state index contributed by atoms with van der Waals surface area (Å²) in [5.74, 6) is -2.02. The highest BCUT2D eigenvalue weighted by molar-refractivity contribution is 8.00. The van der Waals surface area contributed by atoms with E-state index in [1.165, 1.54) is 17.4 Å². The van der Waals surface area contributed by atoms with Gasteiger partial charge in [0.1, 0.15) is 6.04 Å². The molecule has 1 aromatic heterocycles. The number of hydrogen-bond acceptors (Lipinski definition) is 6. The van der Waals surface area contributed by atoms with Crippen LogP contribution in [0.5, 0.6) is 0 Å². The van der Waals surface area contributed by atoms with Crippen molar-refractivity contribution in [1.29, 1.82) is 0 Å². The zero-order chi connectivity index (χ0) is 21.6. The summed E-state index contributed by atoms with van der Waals surface area (Å²) >= 11 is 8.83. The third-order valence-corrected chi connectivity index (χ3v) is 10.6. The summed E-state index contributed by atoms with van der Waals surface area (Å²) in [7, 11) is 0. The van der Waals surface area contributed by atoms with Crippen LogP contribution in [0.1, 0.15) is 29.7 Å². The highest BCUT2D eigenvalue weighted by Gasteiger charge is 2.70. The molecule has 4 aliphatic rings. The predicted molar refractivity (Wildman–Crippen MR) is 118 cm³/mol. The van der Waals surface area contributed by atoms with E-state index >= 15 is 0 Å². The maximum absolute atomic E-state index is 13.3. The number of benzene rings is 1. The molecule has 2 amide bonds. The first-order valence-corrected chi connectivity index (χ1v) is 12.5. The standard InChI is InChI=1S/C22H20N2O4S3/c1-8(21(27)28)24-19(25)14-10-7-11(15(14)20(24)26)16-13(10)12(9-5-3-2-4-6-9)17-18(30-16)23-22(29)31-17/h2-6,8,10-16H,7H2,1H3,(H,23,29)(H,27,28). The SMILES string of the molecule is CC(C(=O)O)N1C(=O)C2C3CC(C2C1=O)C1C(c2ccccc2)c2sc(=S)[nH]c2SC31. The minimum atomic E-state index is -1.14. The number of thioether (sulfide) groups is 1. The van der Waals surface area contributed by atoms with Crippen LogP contribution in [-0.2, 0) is 14.4 Å². The van der Waals surface area contributed by atoms with E-state index in [2.05, 4.69) is 17.1 Å². The predicted octanol–water partition coefficient (Wildman–Crippen LogP) is 3.75. The first-order chi connectivity index (χ1) is 14.9. The number of H-pyrrole nitrogens is 1. The number of thiazole rings is 1. The number of carbonyl (C=O) groups excluding carboxylic acids is 2. The molecule has 2 N–H and O–H groups in total. The van der Waals surface area contributed by atoms with Gasteiger partial charge in [0.25, 0.3) is 0 Å². The molecule has 8 unspecified atom stereocenters. The maximum atomic E-state index is 13.3. The highest BCUT2D eigenvalue weighted by Crippen LogP contribution is 2.68. The Morgan fingerprint density at radius 1 is 1.19 bits per heavy atom. The number of fused-ring (bicyclic) bond motifs is 9. The summed E-state index contributed by atoms with van der Waals surface area (Å²) < 4.78 is 0.750. The number of carboxylic acid groups (broad SMARTS) is 1. The summed E-state index contributed by atoms with van der Waals surface area (Å²) in [5.41, 5.74) is 1.21. The third kappa shape index (κ3) is 2.57. The second kappa shape index (κ2) is 6.76. The fourth-order valence-corrected chi connectivity index (χ4v) is 9.90. The van der Waals surface area contributed by atoms with Crippen molar-refractivity contribution >= 4 is 53.1 Å². The lowest BCUT2D eigenvalue weighted by Gasteiger charge is -2.43. The molecule has 2 saturated carbocycles. The molecular formula is C22H20N2O4S3. The summed E-state index contributed by atoms with van der Waals surface area (Å²) in [5, 5.41) is 10.7. The molecule has 0 radical (unpaired) electrons. The van der Waals surface area contributed by atoms with E-state index in [0.717, 1.165) is 20.3 Å². The first-order valence-electron chi connectivity index (χ1n) is 10.4. The van der Waals surface area contributed by atoms with Gasteiger partial charge < -0.3 is 10.1 Å². The van der Waals surface area contributed by atoms with Crippen LogP contribution in [0, 0.1) is 33.5 Å². The molecule has 0 spiro atoms. The summed E-state index contributed by atoms with van der Waals surface area (Å²) in [6, 6.07) is 9.21. The molecule has 1 aromatic carbocycles. The van der Waals surface area contributed by atoms with Gasteiger partial charge in [0.2, 0.25) is 11.8 Å². The number of aromatic nitrogens is 1. The van der Waals surface area contributed by atoms with Crippen LogP contribution in [0.2, 0.25) is 0 Å². The molecule has 9 heteroatoms. The van der Waals surface area contributed by atoms with Crippen LogP contribution >= 0.6 is 35.3 Å². The molecule has 2 aliphatic heterocycles. The molecule has 2 aliphatic carbocycles. The molecule has 31 heavy (non-hydrogen) atoms. The van der Waals surface area contributed by atoms with E-state index in [1.807, 2.05) is 18.2 Å². The highest BCUT2D eigenvalue weighted by atomic mass is 32.2. The third-order valence-electron chi connectivity index (χ3n) is 7.66. The normalized spacial score (nSPS) is 36.3. The Labute approximate surface area is 192 Å². The number of hydrogen-bond donors (Lipinski definition) is 2. The van der Waals surface area contributed by atoms with Gasteiger partial charge in [-0.15, -0.1) is 23.1 Å². The Morgan fingerprint density at radius 2 is 1.87 bits per heavy atom. The molecule has 6 rings (SSSR count). The van der Waals surface area contributed by atoms with Crippen molar-refractivity contribution in [3.05, 3.63) is 44.7 Å². The quantitative estimate of drug-likeness (QED) is 0.522. The van der Waals surface area contributed by atoms with Crippen molar-refractivity contribution in [2.75, 3.05) is 0 Å². The Hall–Kier alpha value is -1.97. The smallest absolute Gasteiger partial charge is 0.326 e. The van der Waals surface area contributed by atoms with Gasteiger partial charge in [-0.2, -0.15) is 0 Å². The van der Waals surface area contributed by atoms with E-state index in [4.69, 9.17) is 12.2 Å². The molecular weight excluding hydrogens is 452 g/mol. The second-order valence-electron chi connectivity index (χ2n) is 8.93. The Bertz CT molecular complexity index is 1170. The van der Waals surface area contributed by atoms with Crippen molar-refractivity contribution in [1.82, 2.24) is 9.88 Å². The Morgan fingerprint density at radius 3 is 2.55 bits per heavy atom. The number of carbonyl (C=O) groups is 3. The van der Waals surface area contributed by atoms with E-state index in [1.54, 1.807) is 23.1 Å². The van der Waals surface area contributed by atoms with Gasteiger partial charge in [0, 0.05) is 16.0 Å². The number of amides is 2. The summed E-state index contributed by atoms with van der Waals surface area (Å²) in [4.78, 5) is 43.7. The van der Waals surface area contributed by atoms with Gasteiger partial charge in [-0.1, -0.05) is 30.3 Å². The summed E-state index contributed by atoms with van der Waals surface area (Å²) in [6.45, 7) is 1.42. The monoisotopic (exact) mass is 472 g/mol. The maximum Gasteiger partial charge on any atom is 0.326 e. The Kier molecular flexibility index (Phi) is 4.30. The fourth-order valence-electron chi connectivity index (χ4n) is 6.57. The van der Waals surface area contributed by atoms with Crippen LogP contribution < -0.4 is 0 Å². The second-order valence-corrected chi connectivity index (χ2v) is 11.8. The van der Waals surface area contributed by atoms with Crippen molar-refractivity contribution in [2.24, 2.45) is 29.6 Å². The number of rotatable bonds is 3. The molecule has 2 bridgehead atoms. The van der Waals surface area contributed by atoms with Gasteiger partial charge in [-0.3, -0.25) is 14.5 Å². The minimum absolute atomic E-state index is 0.0731. The molecule has 1 saturated heterocycles. The lowest BCUT2D eigenvalue weighted by atomic mass is 9.68. The zero-order valence-corrected chi connectivity index (χ0v) is 19.0. The molecule has 2 aromatic rings. The van der Waals surface area contributed by atoms with Gasteiger partial charge in [0.15, 0.2) is 3.95 Å². The number of imide groups is 1. The van der Waals surface area contributed by atoms with Gasteiger partial charge >= 0.3 is 5.97 Å². The largest absolute Gasteiger partial charge is 0.480 e. The van der Waals surface area contributed by atoms with Crippen molar-refractivity contribution < 1.29 is 19.5 Å². The zero-order valence-electron chi connectivity index (χ0n) is 16.6. The molecule has 3 heterocycles. The summed E-state index contributed by atoms with van der Waals surface area (Å²) in [6.07, 6.45) is 0.851. The van der Waals surface area contributed by atoms with Gasteiger partial charge in [0.05, 0.1) is 16.9 Å². The number of nitrogens with zero attached hydrogens (tertiary/aromatic N) is 1. The molecule has 6 nitrogen and oxygen atoms in total. The Balaban J connectivity index is 1.46. The average molecular weight is 473 g/mol. The van der Waals surface area contributed by atoms with Crippen molar-refractivity contribution in [2.45, 2.75) is 35.6 Å². The van der Waals surface area contributed by atoms with Crippen LogP contribution in [0.15, 0.2) is 35.4 Å². The van der Waals surface area contributed by atoms with Crippen LogP contribution in [-0.4, -0.2) is 44.1 Å². The van der Waals surface area contributed by atoms with E-state index in [0.29, 0.717) is 0 Å².